The zero-order valence-corrected chi connectivity index (χ0v) is 17.0. The molecule has 1 amide bonds. The maximum absolute atomic E-state index is 11.9. The third-order valence-corrected chi connectivity index (χ3v) is 5.92. The van der Waals surface area contributed by atoms with Gasteiger partial charge in [0.05, 0.1) is 5.75 Å². The molecule has 1 aromatic carbocycles. The van der Waals surface area contributed by atoms with Crippen molar-refractivity contribution in [2.75, 3.05) is 11.1 Å². The molecular formula is C18H26N4OS2. The van der Waals surface area contributed by atoms with E-state index < -0.39 is 0 Å². The predicted molar refractivity (Wildman–Crippen MR) is 107 cm³/mol. The molecule has 0 unspecified atom stereocenters. The fourth-order valence-corrected chi connectivity index (χ4v) is 3.57. The standard InChI is InChI=1S/C18H26N4OS2/c1-11(2)13(5)19-16(23)10-24-18-22-21-17(25-18)20-15-8-6-14(7-9-15)12(3)4/h6-9,11-13H,10H2,1-5H3,(H,19,23)(H,20,21)/t13-/m0/s1. The maximum atomic E-state index is 11.9. The molecular weight excluding hydrogens is 352 g/mol. The molecule has 2 aromatic rings. The van der Waals surface area contributed by atoms with E-state index in [9.17, 15) is 4.79 Å². The van der Waals surface area contributed by atoms with E-state index in [4.69, 9.17) is 0 Å². The number of nitrogens with zero attached hydrogens (tertiary/aromatic N) is 2. The number of carbonyl (C=O) groups is 1. The Balaban J connectivity index is 1.84. The van der Waals surface area contributed by atoms with Gasteiger partial charge in [0, 0.05) is 11.7 Å². The van der Waals surface area contributed by atoms with Crippen molar-refractivity contribution >= 4 is 39.8 Å². The van der Waals surface area contributed by atoms with Crippen LogP contribution in [0.3, 0.4) is 0 Å². The van der Waals surface area contributed by atoms with E-state index in [1.54, 1.807) is 0 Å². The van der Waals surface area contributed by atoms with Gasteiger partial charge in [-0.05, 0) is 36.5 Å². The predicted octanol–water partition coefficient (Wildman–Crippen LogP) is 4.66. The summed E-state index contributed by atoms with van der Waals surface area (Å²) >= 11 is 2.87. The number of thioether (sulfide) groups is 1. The van der Waals surface area contributed by atoms with Gasteiger partial charge in [-0.3, -0.25) is 4.79 Å². The second kappa shape index (κ2) is 9.20. The van der Waals surface area contributed by atoms with Crippen molar-refractivity contribution < 1.29 is 4.79 Å². The molecule has 7 heteroatoms. The first kappa shape index (κ1) is 19.7. The molecule has 0 aliphatic heterocycles. The van der Waals surface area contributed by atoms with Crippen LogP contribution in [0.15, 0.2) is 28.6 Å². The third kappa shape index (κ3) is 6.32. The van der Waals surface area contributed by atoms with Gasteiger partial charge in [0.2, 0.25) is 11.0 Å². The first-order valence-electron chi connectivity index (χ1n) is 8.47. The lowest BCUT2D eigenvalue weighted by Crippen LogP contribution is -2.37. The van der Waals surface area contributed by atoms with E-state index >= 15 is 0 Å². The molecule has 0 fully saturated rings. The van der Waals surface area contributed by atoms with Gasteiger partial charge in [0.1, 0.15) is 0 Å². The van der Waals surface area contributed by atoms with Crippen molar-refractivity contribution in [3.8, 4) is 0 Å². The first-order chi connectivity index (χ1) is 11.8. The van der Waals surface area contributed by atoms with Gasteiger partial charge >= 0.3 is 0 Å². The number of aromatic nitrogens is 2. The molecule has 2 N–H and O–H groups in total. The quantitative estimate of drug-likeness (QED) is 0.654. The zero-order chi connectivity index (χ0) is 18.4. The molecule has 0 spiro atoms. The lowest BCUT2D eigenvalue weighted by atomic mass is 10.0. The molecule has 1 atom stereocenters. The van der Waals surface area contributed by atoms with Crippen LogP contribution in [-0.4, -0.2) is 27.9 Å². The minimum absolute atomic E-state index is 0.0279. The normalized spacial score (nSPS) is 12.4. The number of hydrogen-bond donors (Lipinski definition) is 2. The van der Waals surface area contributed by atoms with Crippen molar-refractivity contribution in [1.82, 2.24) is 15.5 Å². The number of anilines is 2. The first-order valence-corrected chi connectivity index (χ1v) is 10.3. The molecule has 1 heterocycles. The molecule has 0 aliphatic carbocycles. The SMILES string of the molecule is CC(C)c1ccc(Nc2nnc(SCC(=O)N[C@@H](C)C(C)C)s2)cc1. The monoisotopic (exact) mass is 378 g/mol. The number of carbonyl (C=O) groups excluding carboxylic acids is 1. The van der Waals surface area contributed by atoms with Gasteiger partial charge in [-0.1, -0.05) is 62.9 Å². The summed E-state index contributed by atoms with van der Waals surface area (Å²) in [5.41, 5.74) is 2.29. The average Bonchev–Trinajstić information content (AvgIpc) is 3.00. The average molecular weight is 379 g/mol. The van der Waals surface area contributed by atoms with Crippen LogP contribution < -0.4 is 10.6 Å². The molecule has 1 aromatic heterocycles. The van der Waals surface area contributed by atoms with Crippen molar-refractivity contribution in [3.63, 3.8) is 0 Å². The minimum atomic E-state index is 0.0279. The van der Waals surface area contributed by atoms with Gasteiger partial charge < -0.3 is 10.6 Å². The van der Waals surface area contributed by atoms with Gasteiger partial charge in [0.25, 0.3) is 0 Å². The van der Waals surface area contributed by atoms with E-state index in [1.165, 1.54) is 28.7 Å². The van der Waals surface area contributed by atoms with Crippen molar-refractivity contribution in [1.29, 1.82) is 0 Å². The van der Waals surface area contributed by atoms with Crippen LogP contribution in [0.2, 0.25) is 0 Å². The van der Waals surface area contributed by atoms with Crippen molar-refractivity contribution in [3.05, 3.63) is 29.8 Å². The number of benzene rings is 1. The summed E-state index contributed by atoms with van der Waals surface area (Å²) in [6.45, 7) is 10.6. The zero-order valence-electron chi connectivity index (χ0n) is 15.4. The smallest absolute Gasteiger partial charge is 0.230 e. The van der Waals surface area contributed by atoms with Gasteiger partial charge in [0.15, 0.2) is 4.34 Å². The van der Waals surface area contributed by atoms with Crippen molar-refractivity contribution in [2.45, 2.75) is 50.9 Å². The second-order valence-electron chi connectivity index (χ2n) is 6.66. The Hall–Kier alpha value is -1.60. The summed E-state index contributed by atoms with van der Waals surface area (Å²) in [7, 11) is 0. The second-order valence-corrected chi connectivity index (χ2v) is 8.86. The highest BCUT2D eigenvalue weighted by molar-refractivity contribution is 8.01. The number of amides is 1. The van der Waals surface area contributed by atoms with Crippen LogP contribution in [0, 0.1) is 5.92 Å². The molecule has 0 saturated carbocycles. The fraction of sp³-hybridized carbons (Fsp3) is 0.500. The third-order valence-electron chi connectivity index (χ3n) is 3.95. The van der Waals surface area contributed by atoms with E-state index in [0.717, 1.165) is 15.2 Å². The summed E-state index contributed by atoms with van der Waals surface area (Å²) in [4.78, 5) is 11.9. The fourth-order valence-electron chi connectivity index (χ4n) is 1.98. The molecule has 0 saturated heterocycles. The van der Waals surface area contributed by atoms with E-state index in [1.807, 2.05) is 19.1 Å². The lowest BCUT2D eigenvalue weighted by Gasteiger charge is -2.16. The van der Waals surface area contributed by atoms with E-state index in [0.29, 0.717) is 17.6 Å². The summed E-state index contributed by atoms with van der Waals surface area (Å²) < 4.78 is 0.786. The summed E-state index contributed by atoms with van der Waals surface area (Å²) in [6.07, 6.45) is 0. The Morgan fingerprint density at radius 3 is 2.40 bits per heavy atom. The highest BCUT2D eigenvalue weighted by Gasteiger charge is 2.12. The van der Waals surface area contributed by atoms with Crippen LogP contribution in [0.4, 0.5) is 10.8 Å². The Labute approximate surface area is 158 Å². The number of nitrogens with one attached hydrogen (secondary N) is 2. The summed E-state index contributed by atoms with van der Waals surface area (Å²) in [5.74, 6) is 1.33. The molecule has 0 radical (unpaired) electrons. The Kier molecular flexibility index (Phi) is 7.25. The van der Waals surface area contributed by atoms with Crippen LogP contribution in [0.25, 0.3) is 0 Å². The van der Waals surface area contributed by atoms with Gasteiger partial charge in [-0.25, -0.2) is 0 Å². The van der Waals surface area contributed by atoms with E-state index in [-0.39, 0.29) is 11.9 Å². The Morgan fingerprint density at radius 1 is 1.12 bits per heavy atom. The largest absolute Gasteiger partial charge is 0.353 e. The molecule has 0 bridgehead atoms. The summed E-state index contributed by atoms with van der Waals surface area (Å²) in [6, 6.07) is 8.50. The minimum Gasteiger partial charge on any atom is -0.353 e. The van der Waals surface area contributed by atoms with Gasteiger partial charge in [-0.2, -0.15) is 0 Å². The lowest BCUT2D eigenvalue weighted by molar-refractivity contribution is -0.119. The van der Waals surface area contributed by atoms with Crippen LogP contribution in [-0.2, 0) is 4.79 Å². The van der Waals surface area contributed by atoms with Crippen LogP contribution in [0.1, 0.15) is 46.1 Å². The van der Waals surface area contributed by atoms with E-state index in [2.05, 4.69) is 60.7 Å². The Bertz CT molecular complexity index is 683. The molecule has 5 nitrogen and oxygen atoms in total. The topological polar surface area (TPSA) is 66.9 Å². The highest BCUT2D eigenvalue weighted by atomic mass is 32.2. The van der Waals surface area contributed by atoms with Crippen molar-refractivity contribution in [2.24, 2.45) is 5.92 Å². The molecule has 2 rings (SSSR count). The number of rotatable bonds is 8. The molecule has 25 heavy (non-hydrogen) atoms. The molecule has 136 valence electrons. The summed E-state index contributed by atoms with van der Waals surface area (Å²) in [5, 5.41) is 15.3. The molecule has 0 aliphatic rings. The van der Waals surface area contributed by atoms with Gasteiger partial charge in [-0.15, -0.1) is 10.2 Å². The number of hydrogen-bond acceptors (Lipinski definition) is 6. The highest BCUT2D eigenvalue weighted by Crippen LogP contribution is 2.28. The maximum Gasteiger partial charge on any atom is 0.230 e. The van der Waals surface area contributed by atoms with Crippen LogP contribution >= 0.6 is 23.1 Å². The van der Waals surface area contributed by atoms with Crippen LogP contribution in [0.5, 0.6) is 0 Å². The Morgan fingerprint density at radius 2 is 1.80 bits per heavy atom.